The van der Waals surface area contributed by atoms with Gasteiger partial charge in [-0.1, -0.05) is 54.6 Å². The molecule has 0 amide bonds. The summed E-state index contributed by atoms with van der Waals surface area (Å²) >= 11 is 0. The molecule has 1 heterocycles. The van der Waals surface area contributed by atoms with Gasteiger partial charge in [0.1, 0.15) is 5.82 Å². The number of guanidine groups is 1. The van der Waals surface area contributed by atoms with Gasteiger partial charge in [-0.25, -0.2) is 4.98 Å². The summed E-state index contributed by atoms with van der Waals surface area (Å²) in [4.78, 5) is 14.3. The van der Waals surface area contributed by atoms with Crippen molar-refractivity contribution in [2.24, 2.45) is 4.99 Å². The van der Waals surface area contributed by atoms with Crippen LogP contribution in [0.25, 0.3) is 11.3 Å². The number of benzene rings is 2. The zero-order valence-corrected chi connectivity index (χ0v) is 19.4. The van der Waals surface area contributed by atoms with Crippen molar-refractivity contribution >= 4 is 29.9 Å². The summed E-state index contributed by atoms with van der Waals surface area (Å²) in [6.07, 6.45) is 1.87. The number of hydrogen-bond acceptors (Lipinski definition) is 3. The molecule has 0 aliphatic carbocycles. The van der Waals surface area contributed by atoms with Crippen molar-refractivity contribution in [3.05, 3.63) is 77.7 Å². The Bertz CT molecular complexity index is 910. The van der Waals surface area contributed by atoms with Gasteiger partial charge in [0.15, 0.2) is 5.96 Å². The first-order valence-electron chi connectivity index (χ1n) is 9.28. The van der Waals surface area contributed by atoms with E-state index in [0.717, 1.165) is 23.0 Å². The Morgan fingerprint density at radius 1 is 1.10 bits per heavy atom. The molecule has 6 nitrogen and oxygen atoms in total. The van der Waals surface area contributed by atoms with Gasteiger partial charge < -0.3 is 19.9 Å². The summed E-state index contributed by atoms with van der Waals surface area (Å²) in [5.41, 5.74) is 4.51. The first-order chi connectivity index (χ1) is 13.7. The zero-order chi connectivity index (χ0) is 19.8. The van der Waals surface area contributed by atoms with Crippen molar-refractivity contribution in [3.8, 4) is 11.3 Å². The van der Waals surface area contributed by atoms with Gasteiger partial charge in [-0.15, -0.1) is 24.0 Å². The summed E-state index contributed by atoms with van der Waals surface area (Å²) in [5.74, 6) is 1.70. The number of H-pyrrole nitrogens is 1. The van der Waals surface area contributed by atoms with E-state index in [4.69, 9.17) is 4.74 Å². The first kappa shape index (κ1) is 22.9. The second kappa shape index (κ2) is 11.6. The van der Waals surface area contributed by atoms with Gasteiger partial charge in [-0.3, -0.25) is 4.99 Å². The Kier molecular flexibility index (Phi) is 9.14. The topological polar surface area (TPSA) is 65.5 Å². The largest absolute Gasteiger partial charge is 0.380 e. The molecule has 0 atom stereocenters. The normalized spacial score (nSPS) is 11.1. The van der Waals surface area contributed by atoms with Crippen LogP contribution in [0.4, 0.5) is 0 Å². The first-order valence-corrected chi connectivity index (χ1v) is 9.28. The highest BCUT2D eigenvalue weighted by Crippen LogP contribution is 2.16. The average molecular weight is 505 g/mol. The minimum atomic E-state index is 0. The molecule has 3 aromatic rings. The van der Waals surface area contributed by atoms with Crippen LogP contribution >= 0.6 is 24.0 Å². The maximum Gasteiger partial charge on any atom is 0.194 e. The number of imidazole rings is 1. The highest BCUT2D eigenvalue weighted by Gasteiger charge is 2.11. The molecule has 7 heteroatoms. The van der Waals surface area contributed by atoms with Crippen molar-refractivity contribution in [2.45, 2.75) is 19.7 Å². The molecule has 2 N–H and O–H groups in total. The molecule has 0 aliphatic heterocycles. The molecule has 0 fully saturated rings. The van der Waals surface area contributed by atoms with E-state index >= 15 is 0 Å². The van der Waals surface area contributed by atoms with E-state index in [9.17, 15) is 0 Å². The van der Waals surface area contributed by atoms with Crippen LogP contribution in [-0.2, 0) is 24.4 Å². The van der Waals surface area contributed by atoms with Crippen LogP contribution < -0.4 is 5.32 Å². The molecule has 0 spiro atoms. The molecule has 0 unspecified atom stereocenters. The predicted molar refractivity (Wildman–Crippen MR) is 128 cm³/mol. The SMILES string of the molecule is CN=C(NCc1ccccc1COC)N(C)Cc1ncc(-c2ccccc2)[nH]1.I. The van der Waals surface area contributed by atoms with Crippen molar-refractivity contribution in [3.63, 3.8) is 0 Å². The lowest BCUT2D eigenvalue weighted by molar-refractivity contribution is 0.184. The minimum Gasteiger partial charge on any atom is -0.380 e. The van der Waals surface area contributed by atoms with Gasteiger partial charge >= 0.3 is 0 Å². The van der Waals surface area contributed by atoms with Crippen LogP contribution in [0.15, 0.2) is 65.8 Å². The number of rotatable bonds is 7. The fourth-order valence-corrected chi connectivity index (χ4v) is 3.09. The van der Waals surface area contributed by atoms with Gasteiger partial charge in [0.25, 0.3) is 0 Å². The lowest BCUT2D eigenvalue weighted by atomic mass is 10.1. The Balaban J connectivity index is 0.00000300. The van der Waals surface area contributed by atoms with Crippen molar-refractivity contribution in [1.29, 1.82) is 0 Å². The van der Waals surface area contributed by atoms with Crippen LogP contribution in [0.3, 0.4) is 0 Å². The zero-order valence-electron chi connectivity index (χ0n) is 17.1. The Morgan fingerprint density at radius 3 is 2.48 bits per heavy atom. The van der Waals surface area contributed by atoms with Gasteiger partial charge in [0.2, 0.25) is 0 Å². The summed E-state index contributed by atoms with van der Waals surface area (Å²) in [6.45, 7) is 1.91. The number of hydrogen-bond donors (Lipinski definition) is 2. The smallest absolute Gasteiger partial charge is 0.194 e. The summed E-state index contributed by atoms with van der Waals surface area (Å²) < 4.78 is 5.29. The number of halogens is 1. The lowest BCUT2D eigenvalue weighted by Gasteiger charge is -2.21. The standard InChI is InChI=1S/C22H27N5O.HI/c1-23-22(25-13-18-11-7-8-12-19(18)16-28-3)27(2)15-21-24-14-20(26-21)17-9-5-4-6-10-17;/h4-12,14H,13,15-16H2,1-3H3,(H,23,25)(H,24,26);1H. The fourth-order valence-electron chi connectivity index (χ4n) is 3.09. The van der Waals surface area contributed by atoms with Gasteiger partial charge in [0.05, 0.1) is 25.0 Å². The van der Waals surface area contributed by atoms with Gasteiger partial charge in [-0.05, 0) is 16.7 Å². The molecule has 0 bridgehead atoms. The molecule has 29 heavy (non-hydrogen) atoms. The monoisotopic (exact) mass is 505 g/mol. The highest BCUT2D eigenvalue weighted by molar-refractivity contribution is 14.0. The van der Waals surface area contributed by atoms with Crippen LogP contribution in [-0.4, -0.2) is 42.0 Å². The summed E-state index contributed by atoms with van der Waals surface area (Å²) in [5, 5.41) is 3.42. The average Bonchev–Trinajstić information content (AvgIpc) is 3.19. The molecule has 0 saturated heterocycles. The second-order valence-electron chi connectivity index (χ2n) is 6.57. The number of aromatic nitrogens is 2. The maximum atomic E-state index is 5.29. The van der Waals surface area contributed by atoms with E-state index in [0.29, 0.717) is 19.7 Å². The minimum absolute atomic E-state index is 0. The number of nitrogens with zero attached hydrogens (tertiary/aromatic N) is 3. The van der Waals surface area contributed by atoms with Crippen molar-refractivity contribution in [2.75, 3.05) is 21.2 Å². The maximum absolute atomic E-state index is 5.29. The third-order valence-electron chi connectivity index (χ3n) is 4.53. The summed E-state index contributed by atoms with van der Waals surface area (Å²) in [6, 6.07) is 18.4. The second-order valence-corrected chi connectivity index (χ2v) is 6.57. The molecule has 3 rings (SSSR count). The van der Waals surface area contributed by atoms with E-state index in [1.54, 1.807) is 14.2 Å². The quantitative estimate of drug-likeness (QED) is 0.289. The molecule has 2 aromatic carbocycles. The van der Waals surface area contributed by atoms with E-state index in [-0.39, 0.29) is 24.0 Å². The lowest BCUT2D eigenvalue weighted by Crippen LogP contribution is -2.38. The molecule has 0 radical (unpaired) electrons. The van der Waals surface area contributed by atoms with Crippen molar-refractivity contribution in [1.82, 2.24) is 20.2 Å². The third-order valence-corrected chi connectivity index (χ3v) is 4.53. The molecular weight excluding hydrogens is 477 g/mol. The summed E-state index contributed by atoms with van der Waals surface area (Å²) in [7, 11) is 5.50. The van der Waals surface area contributed by atoms with E-state index in [2.05, 4.69) is 44.5 Å². The van der Waals surface area contributed by atoms with Crippen LogP contribution in [0.2, 0.25) is 0 Å². The highest BCUT2D eigenvalue weighted by atomic mass is 127. The van der Waals surface area contributed by atoms with Crippen LogP contribution in [0.1, 0.15) is 17.0 Å². The van der Waals surface area contributed by atoms with E-state index in [1.807, 2.05) is 48.5 Å². The van der Waals surface area contributed by atoms with Crippen LogP contribution in [0.5, 0.6) is 0 Å². The number of aromatic amines is 1. The van der Waals surface area contributed by atoms with Crippen LogP contribution in [0, 0.1) is 0 Å². The van der Waals surface area contributed by atoms with Crippen molar-refractivity contribution < 1.29 is 4.74 Å². The predicted octanol–water partition coefficient (Wildman–Crippen LogP) is 4.05. The number of aliphatic imine (C=N–C) groups is 1. The molecule has 154 valence electrons. The number of nitrogens with one attached hydrogen (secondary N) is 2. The number of methoxy groups -OCH3 is 1. The Labute approximate surface area is 189 Å². The Hall–Kier alpha value is -2.39. The molecule has 0 saturated carbocycles. The Morgan fingerprint density at radius 2 is 1.79 bits per heavy atom. The molecular formula is C22H28IN5O. The van der Waals surface area contributed by atoms with E-state index in [1.165, 1.54) is 11.1 Å². The molecule has 1 aromatic heterocycles. The van der Waals surface area contributed by atoms with E-state index < -0.39 is 0 Å². The fraction of sp³-hybridized carbons (Fsp3) is 0.273. The van der Waals surface area contributed by atoms with Gasteiger partial charge in [0, 0.05) is 27.7 Å². The van der Waals surface area contributed by atoms with Gasteiger partial charge in [-0.2, -0.15) is 0 Å². The third kappa shape index (κ3) is 6.30. The molecule has 0 aliphatic rings. The number of ether oxygens (including phenoxy) is 1.